The van der Waals surface area contributed by atoms with Crippen LogP contribution in [0.1, 0.15) is 128 Å². The Balaban J connectivity index is 1.06. The summed E-state index contributed by atoms with van der Waals surface area (Å²) in [7, 11) is -2.53. The van der Waals surface area contributed by atoms with E-state index in [9.17, 15) is 4.57 Å². The lowest BCUT2D eigenvalue weighted by atomic mass is 10.1. The summed E-state index contributed by atoms with van der Waals surface area (Å²) >= 11 is 0. The van der Waals surface area contributed by atoms with E-state index >= 15 is 0 Å². The summed E-state index contributed by atoms with van der Waals surface area (Å²) in [4.78, 5) is 0. The molecule has 1 fully saturated rings. The van der Waals surface area contributed by atoms with Crippen molar-refractivity contribution in [3.63, 3.8) is 0 Å². The molecule has 0 bridgehead atoms. The van der Waals surface area contributed by atoms with E-state index in [1.54, 1.807) is 0 Å². The Labute approximate surface area is 258 Å². The number of hydrogen-bond acceptors (Lipinski definition) is 3. The van der Waals surface area contributed by atoms with Crippen molar-refractivity contribution in [2.75, 3.05) is 19.4 Å². The van der Waals surface area contributed by atoms with Gasteiger partial charge in [-0.1, -0.05) is 156 Å². The van der Waals surface area contributed by atoms with Crippen LogP contribution >= 0.6 is 7.14 Å². The molecule has 0 amide bonds. The fourth-order valence-corrected chi connectivity index (χ4v) is 8.81. The predicted octanol–water partition coefficient (Wildman–Crippen LogP) is 10.7. The average Bonchev–Trinajstić information content (AvgIpc) is 3.56. The van der Waals surface area contributed by atoms with E-state index in [4.69, 9.17) is 9.47 Å². The lowest BCUT2D eigenvalue weighted by Crippen LogP contribution is -2.18. The predicted molar refractivity (Wildman–Crippen MR) is 182 cm³/mol. The summed E-state index contributed by atoms with van der Waals surface area (Å²) < 4.78 is 25.0. The average molecular weight is 595 g/mol. The Morgan fingerprint density at radius 2 is 0.905 bits per heavy atom. The minimum atomic E-state index is -2.53. The zero-order valence-electron chi connectivity index (χ0n) is 26.4. The molecule has 2 aromatic rings. The highest BCUT2D eigenvalue weighted by atomic mass is 31.2. The van der Waals surface area contributed by atoms with Crippen LogP contribution in [0.25, 0.3) is 0 Å². The topological polar surface area (TPSA) is 35.5 Å². The number of rotatable bonds is 25. The Morgan fingerprint density at radius 3 is 1.36 bits per heavy atom. The van der Waals surface area contributed by atoms with Crippen LogP contribution in [0.2, 0.25) is 0 Å². The molecule has 0 aliphatic carbocycles. The molecule has 0 unspecified atom stereocenters. The molecule has 3 rings (SSSR count). The third-order valence-electron chi connectivity index (χ3n) is 8.61. The molecule has 0 N–H and O–H groups in total. The zero-order chi connectivity index (χ0) is 29.4. The van der Waals surface area contributed by atoms with E-state index in [0.717, 1.165) is 42.8 Å². The van der Waals surface area contributed by atoms with Gasteiger partial charge in [-0.25, -0.2) is 0 Å². The fraction of sp³-hybridized carbons (Fsp3) is 0.632. The van der Waals surface area contributed by atoms with Crippen molar-refractivity contribution in [2.45, 2.75) is 135 Å². The van der Waals surface area contributed by atoms with Crippen LogP contribution in [-0.2, 0) is 14.0 Å². The molecular formula is C38H59O3P. The number of allylic oxidation sites excluding steroid dienone is 2. The summed E-state index contributed by atoms with van der Waals surface area (Å²) in [6, 6.07) is 20.2. The van der Waals surface area contributed by atoms with Gasteiger partial charge in [0.25, 0.3) is 0 Å². The summed E-state index contributed by atoms with van der Waals surface area (Å²) in [5.41, 5.74) is 0. The Bertz CT molecular complexity index is 925. The second-order valence-electron chi connectivity index (χ2n) is 12.2. The Kier molecular flexibility index (Phi) is 18.9. The highest BCUT2D eigenvalue weighted by Gasteiger charge is 2.26. The Hall–Kier alpha value is -1.67. The van der Waals surface area contributed by atoms with Gasteiger partial charge in [0.1, 0.15) is 7.14 Å². The largest absolute Gasteiger partial charge is 0.350 e. The van der Waals surface area contributed by atoms with E-state index in [1.165, 1.54) is 116 Å². The molecule has 0 atom stereocenters. The van der Waals surface area contributed by atoms with Crippen LogP contribution in [0.15, 0.2) is 72.8 Å². The van der Waals surface area contributed by atoms with Gasteiger partial charge in [0, 0.05) is 16.8 Å². The SMILES string of the molecule is O=P(CCCCCCCCCCC/C=C/CCCCCCCCCCC1OCCO1)(c1ccccc1)c1ccccc1. The summed E-state index contributed by atoms with van der Waals surface area (Å²) in [6.07, 6.45) is 31.7. The van der Waals surface area contributed by atoms with Crippen molar-refractivity contribution in [1.29, 1.82) is 0 Å². The quantitative estimate of drug-likeness (QED) is 0.0652. The normalized spacial score (nSPS) is 14.3. The molecule has 0 radical (unpaired) electrons. The van der Waals surface area contributed by atoms with Crippen LogP contribution in [0.5, 0.6) is 0 Å². The van der Waals surface area contributed by atoms with E-state index in [1.807, 2.05) is 60.7 Å². The molecule has 2 aromatic carbocycles. The number of ether oxygens (including phenoxy) is 2. The molecule has 0 saturated carbocycles. The van der Waals surface area contributed by atoms with Crippen molar-refractivity contribution in [1.82, 2.24) is 0 Å². The first-order valence-corrected chi connectivity index (χ1v) is 19.3. The van der Waals surface area contributed by atoms with Gasteiger partial charge in [0.2, 0.25) is 0 Å². The van der Waals surface area contributed by atoms with Crippen LogP contribution in [0, 0.1) is 0 Å². The highest BCUT2D eigenvalue weighted by molar-refractivity contribution is 7.78. The Morgan fingerprint density at radius 1 is 0.524 bits per heavy atom. The van der Waals surface area contributed by atoms with E-state index in [0.29, 0.717) is 0 Å². The molecular weight excluding hydrogens is 535 g/mol. The first kappa shape index (κ1) is 34.8. The van der Waals surface area contributed by atoms with E-state index < -0.39 is 7.14 Å². The number of benzene rings is 2. The van der Waals surface area contributed by atoms with Crippen LogP contribution in [-0.4, -0.2) is 25.7 Å². The minimum absolute atomic E-state index is 0.0887. The molecule has 1 saturated heterocycles. The van der Waals surface area contributed by atoms with Gasteiger partial charge in [-0.2, -0.15) is 0 Å². The minimum Gasteiger partial charge on any atom is -0.350 e. The van der Waals surface area contributed by atoms with Gasteiger partial charge in [0.05, 0.1) is 13.2 Å². The van der Waals surface area contributed by atoms with E-state index in [-0.39, 0.29) is 6.29 Å². The van der Waals surface area contributed by atoms with Gasteiger partial charge in [-0.05, 0) is 44.9 Å². The molecule has 1 aliphatic heterocycles. The smallest absolute Gasteiger partial charge is 0.157 e. The summed E-state index contributed by atoms with van der Waals surface area (Å²) in [6.45, 7) is 1.56. The van der Waals surface area contributed by atoms with Crippen molar-refractivity contribution >= 4 is 17.8 Å². The standard InChI is InChI=1S/C38H59O3P/c39-42(36-28-22-20-23-29-36,37-30-24-21-25-31-37)35-27-19-17-15-13-11-9-7-5-3-1-2-4-6-8-10-12-14-16-18-26-32-38-40-33-34-41-38/h1-2,20-25,28-31,38H,3-19,26-27,32-35H2/b2-1+. The first-order valence-electron chi connectivity index (χ1n) is 17.4. The van der Waals surface area contributed by atoms with Crippen molar-refractivity contribution in [3.8, 4) is 0 Å². The second kappa shape index (κ2) is 22.8. The second-order valence-corrected chi connectivity index (χ2v) is 15.1. The van der Waals surface area contributed by atoms with Crippen LogP contribution in [0.4, 0.5) is 0 Å². The maximum Gasteiger partial charge on any atom is 0.157 e. The fourth-order valence-electron chi connectivity index (χ4n) is 6.02. The maximum absolute atomic E-state index is 14.0. The molecule has 42 heavy (non-hydrogen) atoms. The maximum atomic E-state index is 14.0. The summed E-state index contributed by atoms with van der Waals surface area (Å²) in [5.74, 6) is 0. The van der Waals surface area contributed by atoms with Gasteiger partial charge < -0.3 is 14.0 Å². The monoisotopic (exact) mass is 594 g/mol. The number of unbranched alkanes of at least 4 members (excludes halogenated alkanes) is 17. The van der Waals surface area contributed by atoms with Crippen LogP contribution in [0.3, 0.4) is 0 Å². The third kappa shape index (κ3) is 14.7. The zero-order valence-corrected chi connectivity index (χ0v) is 27.3. The summed E-state index contributed by atoms with van der Waals surface area (Å²) in [5, 5.41) is 2.00. The first-order chi connectivity index (χ1) is 20.8. The van der Waals surface area contributed by atoms with Gasteiger partial charge in [0.15, 0.2) is 6.29 Å². The van der Waals surface area contributed by atoms with E-state index in [2.05, 4.69) is 12.2 Å². The van der Waals surface area contributed by atoms with Crippen molar-refractivity contribution in [3.05, 3.63) is 72.8 Å². The molecule has 1 aliphatic rings. The van der Waals surface area contributed by atoms with Crippen molar-refractivity contribution < 1.29 is 14.0 Å². The highest BCUT2D eigenvalue weighted by Crippen LogP contribution is 2.44. The molecule has 0 spiro atoms. The molecule has 234 valence electrons. The molecule has 0 aromatic heterocycles. The lowest BCUT2D eigenvalue weighted by Gasteiger charge is -2.19. The number of hydrogen-bond donors (Lipinski definition) is 0. The molecule has 1 heterocycles. The van der Waals surface area contributed by atoms with Gasteiger partial charge in [-0.3, -0.25) is 0 Å². The molecule has 4 heteroatoms. The van der Waals surface area contributed by atoms with Crippen LogP contribution < -0.4 is 10.6 Å². The molecule has 3 nitrogen and oxygen atoms in total. The third-order valence-corrected chi connectivity index (χ3v) is 11.8. The van der Waals surface area contributed by atoms with Gasteiger partial charge in [-0.15, -0.1) is 0 Å². The lowest BCUT2D eigenvalue weighted by molar-refractivity contribution is -0.0480. The van der Waals surface area contributed by atoms with Crippen molar-refractivity contribution in [2.24, 2.45) is 0 Å². The van der Waals surface area contributed by atoms with Gasteiger partial charge >= 0.3 is 0 Å².